The summed E-state index contributed by atoms with van der Waals surface area (Å²) in [6, 6.07) is 0. The highest BCUT2D eigenvalue weighted by molar-refractivity contribution is 6.70. The molecule has 1 aliphatic heterocycles. The summed E-state index contributed by atoms with van der Waals surface area (Å²) in [5.41, 5.74) is 5.30. The van der Waals surface area contributed by atoms with Crippen LogP contribution in [0.25, 0.3) is 0 Å². The SMILES string of the molecule is CC12CCC3C(CCC4=CC(=O)C5COCC43C5)C1CCC2=O.CC12CCC3C(CCC4=CC(=O)CCC43CO)C1CCC2=O.COCCOCOCC12CC=C(O[Si](C)(C)C)C=C1CCC1C3CC=C(O[Si](C)(C)C)C3(C)CCC12.COCCOCOCC12CCC(=O)C=C1CCC1C3CCC(=O)C3(C)CCC12. The third-order valence-electron chi connectivity index (χ3n) is 33.1. The van der Waals surface area contributed by atoms with Crippen LogP contribution >= 0.6 is 0 Å². The molecule has 604 valence electrons. The molecule has 1 saturated heterocycles. The van der Waals surface area contributed by atoms with Gasteiger partial charge in [-0.05, 0) is 301 Å². The van der Waals surface area contributed by atoms with Crippen molar-refractivity contribution in [3.63, 3.8) is 0 Å². The summed E-state index contributed by atoms with van der Waals surface area (Å²) in [7, 11) is 0.0766. The van der Waals surface area contributed by atoms with E-state index in [1.807, 2.05) is 18.2 Å². The summed E-state index contributed by atoms with van der Waals surface area (Å²) < 4.78 is 52.7. The van der Waals surface area contributed by atoms with Crippen molar-refractivity contribution in [3.05, 3.63) is 70.3 Å². The van der Waals surface area contributed by atoms with Gasteiger partial charge in [0.1, 0.15) is 30.9 Å². The standard InChI is InChI=1S/C29H50O5Si2.C23H34O5.C20H26O3.C19H26O3/c1-28-15-14-26-24(25(28)11-12-27(28)34-36(6,7)8)10-9-22-19-23(33-35(3,4)5)13-16-29(22,26)20-32-21-31-18-17-30-2;1-22-9-8-20-18(19(22)5-6-21(22)25)4-3-16-13-17(24)7-10-23(16,20)14-28-15-27-12-11-26-2;1-19-7-6-16-14(15(19)4-5-18(19)22)3-2-13-8-17(21)12-9-20(13,16)11-23-10-12;1-18-8-7-16-14(15(18)4-5-17(18)22)3-2-12-10-13(21)6-9-19(12,16)11-20/h12-13,19,24-26H,9-11,14-18,20-21H2,1-8H3;13,18-20H,3-12,14-15H2,1-2H3;8,12,14-16H,2-7,9-11H2,1H3;10,14-16,20H,2-9,11H2,1H3. The summed E-state index contributed by atoms with van der Waals surface area (Å²) in [6.45, 7) is 28.6. The number of fused-ring (bicyclic) bond motifs is 19. The van der Waals surface area contributed by atoms with Crippen molar-refractivity contribution in [2.75, 3.05) is 87.3 Å². The number of allylic oxidation sites excluding steroid dienone is 4. The molecule has 16 aliphatic carbocycles. The number of methoxy groups -OCH3 is 2. The van der Waals surface area contributed by atoms with E-state index in [1.165, 1.54) is 48.2 Å². The quantitative estimate of drug-likeness (QED) is 0.0725. The number of hydrogen-bond acceptors (Lipinski definition) is 16. The van der Waals surface area contributed by atoms with Crippen LogP contribution in [0.2, 0.25) is 39.3 Å². The highest BCUT2D eigenvalue weighted by Crippen LogP contribution is 2.70. The van der Waals surface area contributed by atoms with Gasteiger partial charge in [0.05, 0.1) is 71.0 Å². The molecule has 16 nitrogen and oxygen atoms in total. The molecule has 0 amide bonds. The van der Waals surface area contributed by atoms with Crippen LogP contribution in [-0.4, -0.2) is 144 Å². The number of aliphatic hydroxyl groups excluding tert-OH is 1. The molecule has 17 aliphatic rings. The number of aliphatic hydroxyl groups is 1. The third-order valence-corrected chi connectivity index (χ3v) is 34.8. The average Bonchev–Trinajstić information content (AvgIpc) is 1.72. The number of ether oxygens (including phenoxy) is 7. The second-order valence-corrected chi connectivity index (χ2v) is 49.2. The van der Waals surface area contributed by atoms with Crippen LogP contribution in [0.4, 0.5) is 0 Å². The normalized spacial score (nSPS) is 42.0. The molecule has 11 saturated carbocycles. The Bertz CT molecular complexity index is 3650. The number of carbonyl (C=O) groups excluding carboxylic acids is 6. The van der Waals surface area contributed by atoms with Gasteiger partial charge >= 0.3 is 0 Å². The molecule has 1 N–H and O–H groups in total. The van der Waals surface area contributed by atoms with E-state index < -0.39 is 16.6 Å². The van der Waals surface area contributed by atoms with E-state index in [-0.39, 0.29) is 74.2 Å². The lowest BCUT2D eigenvalue weighted by molar-refractivity contribution is -0.147. The van der Waals surface area contributed by atoms with Crippen molar-refractivity contribution in [3.8, 4) is 0 Å². The smallest absolute Gasteiger partial charge is 0.242 e. The van der Waals surface area contributed by atoms with Gasteiger partial charge in [-0.1, -0.05) is 50.0 Å². The zero-order valence-electron chi connectivity index (χ0n) is 68.8. The van der Waals surface area contributed by atoms with Gasteiger partial charge in [0.25, 0.3) is 0 Å². The molecule has 0 aromatic heterocycles. The van der Waals surface area contributed by atoms with Crippen molar-refractivity contribution in [2.45, 2.75) is 253 Å². The monoisotopic (exact) mass is 1540 g/mol. The molecule has 21 atom stereocenters. The summed E-state index contributed by atoms with van der Waals surface area (Å²) in [4.78, 5) is 73.7. The predicted molar refractivity (Wildman–Crippen MR) is 424 cm³/mol. The Morgan fingerprint density at radius 3 is 1.41 bits per heavy atom. The van der Waals surface area contributed by atoms with Gasteiger partial charge in [0, 0.05) is 95.6 Å². The Balaban J connectivity index is 0.000000123. The van der Waals surface area contributed by atoms with Crippen LogP contribution in [0.3, 0.4) is 0 Å². The highest BCUT2D eigenvalue weighted by atomic mass is 28.4. The topological polar surface area (TPSA) is 206 Å². The maximum Gasteiger partial charge on any atom is 0.242 e. The molecule has 18 heteroatoms. The van der Waals surface area contributed by atoms with Crippen LogP contribution < -0.4 is 0 Å². The molecular weight excluding hydrogens is 1410 g/mol. The van der Waals surface area contributed by atoms with Crippen LogP contribution in [0, 0.1) is 120 Å². The summed E-state index contributed by atoms with van der Waals surface area (Å²) in [5, 5.41) is 10.2. The van der Waals surface area contributed by atoms with E-state index in [4.69, 9.17) is 42.0 Å². The summed E-state index contributed by atoms with van der Waals surface area (Å²) in [5.74, 6) is 11.7. The summed E-state index contributed by atoms with van der Waals surface area (Å²) in [6.07, 6.45) is 41.9. The van der Waals surface area contributed by atoms with Crippen molar-refractivity contribution >= 4 is 51.3 Å². The zero-order valence-corrected chi connectivity index (χ0v) is 70.8. The first-order chi connectivity index (χ1) is 51.9. The van der Waals surface area contributed by atoms with Crippen LogP contribution in [0.1, 0.15) is 214 Å². The van der Waals surface area contributed by atoms with Crippen LogP contribution in [0.15, 0.2) is 70.3 Å². The van der Waals surface area contributed by atoms with E-state index in [0.717, 1.165) is 167 Å². The molecule has 0 radical (unpaired) electrons. The molecule has 21 unspecified atom stereocenters. The average molecular weight is 1540 g/mol. The Morgan fingerprint density at radius 2 is 0.890 bits per heavy atom. The maximum atomic E-state index is 12.6. The molecule has 2 bridgehead atoms. The van der Waals surface area contributed by atoms with Crippen LogP contribution in [0.5, 0.6) is 0 Å². The molecule has 0 aromatic carbocycles. The van der Waals surface area contributed by atoms with E-state index in [9.17, 15) is 33.9 Å². The minimum Gasteiger partial charge on any atom is -0.547 e. The van der Waals surface area contributed by atoms with Crippen molar-refractivity contribution < 1.29 is 75.9 Å². The number of Topliss-reactive ketones (excluding diaryl/α,β-unsaturated/α-hetero) is 3. The molecular formula is C91H136O16Si2. The third kappa shape index (κ3) is 15.0. The molecule has 17 rings (SSSR count). The van der Waals surface area contributed by atoms with Gasteiger partial charge in [-0.25, -0.2) is 0 Å². The minimum atomic E-state index is -1.65. The Labute approximate surface area is 654 Å². The first-order valence-corrected chi connectivity index (χ1v) is 50.1. The van der Waals surface area contributed by atoms with Gasteiger partial charge in [0.15, 0.2) is 17.3 Å². The van der Waals surface area contributed by atoms with E-state index in [2.05, 4.69) is 85.2 Å². The largest absolute Gasteiger partial charge is 0.547 e. The fourth-order valence-corrected chi connectivity index (χ4v) is 29.6. The Kier molecular flexibility index (Phi) is 24.0. The number of hydrogen-bond donors (Lipinski definition) is 1. The number of ketones is 6. The second-order valence-electron chi connectivity index (χ2n) is 40.4. The lowest BCUT2D eigenvalue weighted by Crippen LogP contribution is -2.56. The zero-order chi connectivity index (χ0) is 77.3. The lowest BCUT2D eigenvalue weighted by Gasteiger charge is -2.59. The van der Waals surface area contributed by atoms with E-state index in [0.29, 0.717) is 153 Å². The Hall–Kier alpha value is -3.83. The van der Waals surface area contributed by atoms with Crippen molar-refractivity contribution in [2.24, 2.45) is 120 Å². The van der Waals surface area contributed by atoms with Crippen molar-refractivity contribution in [1.29, 1.82) is 0 Å². The van der Waals surface area contributed by atoms with E-state index in [1.54, 1.807) is 19.8 Å². The van der Waals surface area contributed by atoms with Gasteiger partial charge in [-0.3, -0.25) is 28.8 Å². The first kappa shape index (κ1) is 81.7. The Morgan fingerprint density at radius 1 is 0.440 bits per heavy atom. The highest BCUT2D eigenvalue weighted by Gasteiger charge is 2.66. The second kappa shape index (κ2) is 32.0. The predicted octanol–water partition coefficient (Wildman–Crippen LogP) is 17.3. The minimum absolute atomic E-state index is 0.0452. The molecule has 109 heavy (non-hydrogen) atoms. The van der Waals surface area contributed by atoms with E-state index >= 15 is 0 Å². The summed E-state index contributed by atoms with van der Waals surface area (Å²) >= 11 is 0. The molecule has 12 fully saturated rings. The fraction of sp³-hybridized carbons (Fsp3) is 0.802. The van der Waals surface area contributed by atoms with Gasteiger partial charge in [0.2, 0.25) is 16.6 Å². The molecule has 0 aromatic rings. The lowest BCUT2D eigenvalue weighted by atomic mass is 9.46. The van der Waals surface area contributed by atoms with Gasteiger partial charge in [-0.15, -0.1) is 0 Å². The molecule has 1 heterocycles. The maximum absolute atomic E-state index is 12.6. The molecule has 1 spiro atoms. The fourth-order valence-electron chi connectivity index (χ4n) is 27.8. The number of rotatable bonds is 19. The van der Waals surface area contributed by atoms with Crippen LogP contribution in [-0.2, 0) is 70.8 Å². The first-order valence-electron chi connectivity index (χ1n) is 43.2. The van der Waals surface area contributed by atoms with Crippen molar-refractivity contribution in [1.82, 2.24) is 0 Å². The van der Waals surface area contributed by atoms with Gasteiger partial charge in [-0.2, -0.15) is 0 Å². The number of carbonyl (C=O) groups is 6. The van der Waals surface area contributed by atoms with Gasteiger partial charge < -0.3 is 47.1 Å².